The first kappa shape index (κ1) is 12.7. The number of thioether (sulfide) groups is 1. The zero-order valence-electron chi connectivity index (χ0n) is 9.61. The van der Waals surface area contributed by atoms with E-state index >= 15 is 0 Å². The number of nitro benzene ring substituents is 1. The van der Waals surface area contributed by atoms with Crippen LogP contribution < -0.4 is 0 Å². The highest BCUT2D eigenvalue weighted by Gasteiger charge is 2.12. The van der Waals surface area contributed by atoms with E-state index in [1.54, 1.807) is 6.07 Å². The van der Waals surface area contributed by atoms with E-state index in [4.69, 9.17) is 5.11 Å². The van der Waals surface area contributed by atoms with E-state index in [0.717, 1.165) is 0 Å². The molecule has 18 heavy (non-hydrogen) atoms. The number of aromatic nitrogens is 2. The Hall–Kier alpha value is -1.73. The lowest BCUT2D eigenvalue weighted by molar-refractivity contribution is -0.384. The van der Waals surface area contributed by atoms with Crippen molar-refractivity contribution in [1.82, 2.24) is 9.97 Å². The maximum atomic E-state index is 10.8. The van der Waals surface area contributed by atoms with E-state index in [1.165, 1.54) is 30.2 Å². The molecule has 7 heteroatoms. The van der Waals surface area contributed by atoms with Gasteiger partial charge in [0.05, 0.1) is 17.0 Å². The number of hydrogen-bond acceptors (Lipinski definition) is 6. The van der Waals surface area contributed by atoms with Crippen molar-refractivity contribution >= 4 is 28.4 Å². The summed E-state index contributed by atoms with van der Waals surface area (Å²) in [6.07, 6.45) is 1.42. The first-order chi connectivity index (χ1) is 8.61. The van der Waals surface area contributed by atoms with E-state index in [-0.39, 0.29) is 17.5 Å². The fourth-order valence-corrected chi connectivity index (χ4v) is 2.31. The lowest BCUT2D eigenvalue weighted by Crippen LogP contribution is -2.02. The molecule has 1 N–H and O–H groups in total. The van der Waals surface area contributed by atoms with E-state index in [2.05, 4.69) is 9.97 Å². The summed E-state index contributed by atoms with van der Waals surface area (Å²) in [5.41, 5.74) is 0.666. The highest BCUT2D eigenvalue weighted by molar-refractivity contribution is 8.00. The molecule has 1 unspecified atom stereocenters. The van der Waals surface area contributed by atoms with Crippen LogP contribution in [0.2, 0.25) is 0 Å². The van der Waals surface area contributed by atoms with E-state index in [0.29, 0.717) is 15.9 Å². The van der Waals surface area contributed by atoms with Gasteiger partial charge in [-0.25, -0.2) is 9.97 Å². The van der Waals surface area contributed by atoms with Crippen molar-refractivity contribution in [3.05, 3.63) is 34.6 Å². The minimum absolute atomic E-state index is 0.0100. The maximum absolute atomic E-state index is 10.8. The molecule has 2 rings (SSSR count). The van der Waals surface area contributed by atoms with Crippen LogP contribution in [0.1, 0.15) is 6.92 Å². The first-order valence-corrected chi connectivity index (χ1v) is 6.16. The average Bonchev–Trinajstić information content (AvgIpc) is 2.38. The monoisotopic (exact) mass is 265 g/mol. The Kier molecular flexibility index (Phi) is 3.73. The van der Waals surface area contributed by atoms with Crippen LogP contribution in [0.15, 0.2) is 29.6 Å². The van der Waals surface area contributed by atoms with Gasteiger partial charge in [0.15, 0.2) is 0 Å². The summed E-state index contributed by atoms with van der Waals surface area (Å²) in [4.78, 5) is 18.5. The molecule has 0 amide bonds. The summed E-state index contributed by atoms with van der Waals surface area (Å²) in [5.74, 6) is 0. The maximum Gasteiger partial charge on any atom is 0.270 e. The van der Waals surface area contributed by atoms with Crippen molar-refractivity contribution in [3.63, 3.8) is 0 Å². The lowest BCUT2D eigenvalue weighted by atomic mass is 10.2. The fourth-order valence-electron chi connectivity index (χ4n) is 1.46. The minimum Gasteiger partial charge on any atom is -0.395 e. The number of aliphatic hydroxyl groups excluding tert-OH is 1. The second-order valence-electron chi connectivity index (χ2n) is 3.75. The van der Waals surface area contributed by atoms with Gasteiger partial charge in [0.25, 0.3) is 5.69 Å². The Balaban J connectivity index is 2.51. The molecule has 0 spiro atoms. The van der Waals surface area contributed by atoms with E-state index in [1.807, 2.05) is 6.92 Å². The standard InChI is InChI=1S/C11H11N3O3S/c1-7(5-15)18-11-9-4-8(14(16)17)2-3-10(9)12-6-13-11/h2-4,6-7,15H,5H2,1H3. The normalized spacial score (nSPS) is 12.6. The largest absolute Gasteiger partial charge is 0.395 e. The average molecular weight is 265 g/mol. The zero-order valence-corrected chi connectivity index (χ0v) is 10.4. The zero-order chi connectivity index (χ0) is 13.1. The van der Waals surface area contributed by atoms with Crippen LogP contribution >= 0.6 is 11.8 Å². The molecule has 0 radical (unpaired) electrons. The van der Waals surface area contributed by atoms with Crippen molar-refractivity contribution in [1.29, 1.82) is 0 Å². The van der Waals surface area contributed by atoms with Gasteiger partial charge in [-0.2, -0.15) is 0 Å². The number of nitrogens with zero attached hydrogens (tertiary/aromatic N) is 3. The van der Waals surface area contributed by atoms with Crippen LogP contribution in [-0.2, 0) is 0 Å². The summed E-state index contributed by atoms with van der Waals surface area (Å²) in [5, 5.41) is 21.0. The van der Waals surface area contributed by atoms with E-state index in [9.17, 15) is 10.1 Å². The summed E-state index contributed by atoms with van der Waals surface area (Å²) in [6, 6.07) is 4.48. The van der Waals surface area contributed by atoms with E-state index < -0.39 is 4.92 Å². The molecule has 1 aromatic carbocycles. The van der Waals surface area contributed by atoms with Crippen LogP contribution in [0.3, 0.4) is 0 Å². The number of non-ortho nitro benzene ring substituents is 1. The van der Waals surface area contributed by atoms with Crippen molar-refractivity contribution in [3.8, 4) is 0 Å². The van der Waals surface area contributed by atoms with Crippen LogP contribution in [-0.4, -0.2) is 31.9 Å². The third-order valence-electron chi connectivity index (χ3n) is 2.36. The van der Waals surface area contributed by atoms with Gasteiger partial charge < -0.3 is 5.11 Å². The fraction of sp³-hybridized carbons (Fsp3) is 0.273. The molecule has 0 fully saturated rings. The van der Waals surface area contributed by atoms with Crippen molar-refractivity contribution in [2.75, 3.05) is 6.61 Å². The topological polar surface area (TPSA) is 89.2 Å². The Morgan fingerprint density at radius 1 is 1.50 bits per heavy atom. The summed E-state index contributed by atoms with van der Waals surface area (Å²) < 4.78 is 0. The second-order valence-corrected chi connectivity index (χ2v) is 5.18. The second kappa shape index (κ2) is 5.28. The van der Waals surface area contributed by atoms with Gasteiger partial charge in [0, 0.05) is 22.8 Å². The molecule has 0 aliphatic heterocycles. The number of rotatable bonds is 4. The molecule has 1 aromatic heterocycles. The van der Waals surface area contributed by atoms with Crippen molar-refractivity contribution in [2.45, 2.75) is 17.2 Å². The lowest BCUT2D eigenvalue weighted by Gasteiger charge is -2.08. The van der Waals surface area contributed by atoms with Crippen molar-refractivity contribution in [2.24, 2.45) is 0 Å². The molecule has 94 valence electrons. The predicted molar refractivity (Wildman–Crippen MR) is 68.6 cm³/mol. The SMILES string of the molecule is CC(CO)Sc1ncnc2ccc([N+](=O)[O-])cc12. The van der Waals surface area contributed by atoms with Crippen molar-refractivity contribution < 1.29 is 10.0 Å². The van der Waals surface area contributed by atoms with Crippen LogP contribution in [0, 0.1) is 10.1 Å². The highest BCUT2D eigenvalue weighted by Crippen LogP contribution is 2.29. The molecule has 0 saturated carbocycles. The third-order valence-corrected chi connectivity index (χ3v) is 3.46. The van der Waals surface area contributed by atoms with Gasteiger partial charge in [-0.05, 0) is 6.07 Å². The molecule has 1 heterocycles. The molecule has 6 nitrogen and oxygen atoms in total. The third kappa shape index (κ3) is 2.57. The van der Waals surface area contributed by atoms with Gasteiger partial charge >= 0.3 is 0 Å². The van der Waals surface area contributed by atoms with Crippen LogP contribution in [0.5, 0.6) is 0 Å². The molecule has 0 aliphatic carbocycles. The predicted octanol–water partition coefficient (Wildman–Crippen LogP) is 2.01. The number of fused-ring (bicyclic) bond motifs is 1. The number of nitro groups is 1. The smallest absolute Gasteiger partial charge is 0.270 e. The molecule has 0 aliphatic rings. The summed E-state index contributed by atoms with van der Waals surface area (Å²) >= 11 is 1.37. The molecule has 0 bridgehead atoms. The number of benzene rings is 1. The Bertz CT molecular complexity index is 591. The van der Waals surface area contributed by atoms with Crippen LogP contribution in [0.25, 0.3) is 10.9 Å². The summed E-state index contributed by atoms with van der Waals surface area (Å²) in [7, 11) is 0. The first-order valence-electron chi connectivity index (χ1n) is 5.28. The molecule has 0 saturated heterocycles. The quantitative estimate of drug-likeness (QED) is 0.393. The van der Waals surface area contributed by atoms with Gasteiger partial charge in [0.2, 0.25) is 0 Å². The Morgan fingerprint density at radius 2 is 2.28 bits per heavy atom. The molecular formula is C11H11N3O3S. The Labute approximate surface area is 107 Å². The minimum atomic E-state index is -0.448. The highest BCUT2D eigenvalue weighted by atomic mass is 32.2. The molecular weight excluding hydrogens is 254 g/mol. The Morgan fingerprint density at radius 3 is 2.94 bits per heavy atom. The molecule has 1 atom stereocenters. The summed E-state index contributed by atoms with van der Waals surface area (Å²) in [6.45, 7) is 1.88. The number of aliphatic hydroxyl groups is 1. The van der Waals surface area contributed by atoms with Gasteiger partial charge in [-0.15, -0.1) is 11.8 Å². The number of hydrogen-bond donors (Lipinski definition) is 1. The van der Waals surface area contributed by atoms with Gasteiger partial charge in [-0.3, -0.25) is 10.1 Å². The van der Waals surface area contributed by atoms with Gasteiger partial charge in [0.1, 0.15) is 11.4 Å². The van der Waals surface area contributed by atoms with Gasteiger partial charge in [-0.1, -0.05) is 6.92 Å². The molecule has 2 aromatic rings. The van der Waals surface area contributed by atoms with Crippen LogP contribution in [0.4, 0.5) is 5.69 Å².